The zero-order valence-electron chi connectivity index (χ0n) is 14.9. The molecular formula is C19H29NO5. The predicted molar refractivity (Wildman–Crippen MR) is 94.0 cm³/mol. The summed E-state index contributed by atoms with van der Waals surface area (Å²) >= 11 is 0. The van der Waals surface area contributed by atoms with E-state index in [1.165, 1.54) is 0 Å². The molecule has 2 heterocycles. The van der Waals surface area contributed by atoms with Gasteiger partial charge in [0.15, 0.2) is 11.5 Å². The molecule has 0 bridgehead atoms. The molecule has 0 spiro atoms. The Morgan fingerprint density at radius 1 is 1.28 bits per heavy atom. The van der Waals surface area contributed by atoms with Gasteiger partial charge in [-0.2, -0.15) is 0 Å². The third kappa shape index (κ3) is 4.26. The Labute approximate surface area is 149 Å². The van der Waals surface area contributed by atoms with Crippen LogP contribution in [-0.2, 0) is 11.3 Å². The molecule has 140 valence electrons. The minimum Gasteiger partial charge on any atom is -0.486 e. The van der Waals surface area contributed by atoms with Gasteiger partial charge in [0.25, 0.3) is 0 Å². The van der Waals surface area contributed by atoms with Crippen molar-refractivity contribution in [2.75, 3.05) is 46.6 Å². The number of piperidine rings is 1. The van der Waals surface area contributed by atoms with Crippen LogP contribution in [0.4, 0.5) is 0 Å². The summed E-state index contributed by atoms with van der Waals surface area (Å²) in [6, 6.07) is 6.05. The molecule has 1 aromatic carbocycles. The van der Waals surface area contributed by atoms with Gasteiger partial charge in [0.05, 0.1) is 12.7 Å². The highest BCUT2D eigenvalue weighted by atomic mass is 16.6. The highest BCUT2D eigenvalue weighted by Gasteiger charge is 2.41. The monoisotopic (exact) mass is 351 g/mol. The molecule has 3 rings (SSSR count). The second-order valence-electron chi connectivity index (χ2n) is 7.11. The topological polar surface area (TPSA) is 71.4 Å². The maximum absolute atomic E-state index is 10.5. The number of ether oxygens (including phenoxy) is 3. The molecule has 0 amide bonds. The van der Waals surface area contributed by atoms with Gasteiger partial charge in [-0.25, -0.2) is 0 Å². The van der Waals surface area contributed by atoms with Crippen molar-refractivity contribution in [2.45, 2.75) is 31.9 Å². The Kier molecular flexibility index (Phi) is 6.17. The highest BCUT2D eigenvalue weighted by molar-refractivity contribution is 5.43. The second kappa shape index (κ2) is 8.36. The van der Waals surface area contributed by atoms with Crippen LogP contribution in [0.2, 0.25) is 0 Å². The van der Waals surface area contributed by atoms with E-state index in [4.69, 9.17) is 14.2 Å². The fourth-order valence-corrected chi connectivity index (χ4v) is 3.87. The SMILES string of the molecule is COCCC[C@@]1(CO)CN(Cc2ccc3c(c2)OCCO3)CC[C@H]1O. The zero-order chi connectivity index (χ0) is 17.7. The third-order valence-corrected chi connectivity index (χ3v) is 5.31. The summed E-state index contributed by atoms with van der Waals surface area (Å²) in [7, 11) is 1.68. The first-order valence-corrected chi connectivity index (χ1v) is 9.05. The largest absolute Gasteiger partial charge is 0.486 e. The number of nitrogens with zero attached hydrogens (tertiary/aromatic N) is 1. The van der Waals surface area contributed by atoms with Crippen molar-refractivity contribution in [1.82, 2.24) is 4.90 Å². The van der Waals surface area contributed by atoms with Crippen molar-refractivity contribution in [2.24, 2.45) is 5.41 Å². The molecule has 0 aliphatic carbocycles. The fraction of sp³-hybridized carbons (Fsp3) is 0.684. The fourth-order valence-electron chi connectivity index (χ4n) is 3.87. The zero-order valence-corrected chi connectivity index (χ0v) is 14.9. The van der Waals surface area contributed by atoms with Crippen molar-refractivity contribution < 1.29 is 24.4 Å². The van der Waals surface area contributed by atoms with Gasteiger partial charge in [-0.1, -0.05) is 6.07 Å². The van der Waals surface area contributed by atoms with E-state index >= 15 is 0 Å². The van der Waals surface area contributed by atoms with E-state index in [2.05, 4.69) is 11.0 Å². The maximum Gasteiger partial charge on any atom is 0.161 e. The summed E-state index contributed by atoms with van der Waals surface area (Å²) < 4.78 is 16.4. The summed E-state index contributed by atoms with van der Waals surface area (Å²) in [6.45, 7) is 4.10. The van der Waals surface area contributed by atoms with Crippen molar-refractivity contribution in [3.05, 3.63) is 23.8 Å². The first kappa shape index (κ1) is 18.5. The van der Waals surface area contributed by atoms with Crippen molar-refractivity contribution in [3.63, 3.8) is 0 Å². The van der Waals surface area contributed by atoms with Crippen LogP contribution < -0.4 is 9.47 Å². The lowest BCUT2D eigenvalue weighted by Gasteiger charge is -2.45. The lowest BCUT2D eigenvalue weighted by atomic mass is 9.74. The van der Waals surface area contributed by atoms with Crippen molar-refractivity contribution in [1.29, 1.82) is 0 Å². The molecule has 1 saturated heterocycles. The van der Waals surface area contributed by atoms with Crippen LogP contribution in [0.5, 0.6) is 11.5 Å². The Morgan fingerprint density at radius 3 is 2.84 bits per heavy atom. The average Bonchev–Trinajstić information content (AvgIpc) is 2.64. The van der Waals surface area contributed by atoms with Crippen LogP contribution >= 0.6 is 0 Å². The molecule has 2 atom stereocenters. The molecule has 0 radical (unpaired) electrons. The minimum absolute atomic E-state index is 0.00444. The number of fused-ring (bicyclic) bond motifs is 1. The van der Waals surface area contributed by atoms with Crippen LogP contribution in [0.15, 0.2) is 18.2 Å². The summed E-state index contributed by atoms with van der Waals surface area (Å²) in [4.78, 5) is 2.31. The lowest BCUT2D eigenvalue weighted by Crippen LogP contribution is -2.53. The van der Waals surface area contributed by atoms with Gasteiger partial charge in [-0.05, 0) is 37.0 Å². The van der Waals surface area contributed by atoms with Crippen molar-refractivity contribution >= 4 is 0 Å². The Hall–Kier alpha value is -1.34. The third-order valence-electron chi connectivity index (χ3n) is 5.31. The van der Waals surface area contributed by atoms with E-state index < -0.39 is 11.5 Å². The number of benzene rings is 1. The van der Waals surface area contributed by atoms with E-state index in [-0.39, 0.29) is 6.61 Å². The van der Waals surface area contributed by atoms with E-state index in [1.807, 2.05) is 12.1 Å². The number of aliphatic hydroxyl groups is 2. The molecule has 2 aliphatic heterocycles. The quantitative estimate of drug-likeness (QED) is 0.724. The number of aliphatic hydroxyl groups excluding tert-OH is 2. The predicted octanol–water partition coefficient (Wildman–Crippen LogP) is 1.43. The Bertz CT molecular complexity index is 567. The van der Waals surface area contributed by atoms with Gasteiger partial charge in [0.1, 0.15) is 13.2 Å². The van der Waals surface area contributed by atoms with Gasteiger partial charge < -0.3 is 24.4 Å². The van der Waals surface area contributed by atoms with Gasteiger partial charge in [0, 0.05) is 38.8 Å². The minimum atomic E-state index is -0.468. The van der Waals surface area contributed by atoms with E-state index in [0.29, 0.717) is 32.8 Å². The summed E-state index contributed by atoms with van der Waals surface area (Å²) in [5.74, 6) is 1.60. The molecular weight excluding hydrogens is 322 g/mol. The molecule has 2 aliphatic rings. The Balaban J connectivity index is 1.66. The molecule has 0 aromatic heterocycles. The molecule has 1 aromatic rings. The van der Waals surface area contributed by atoms with Gasteiger partial charge in [0.2, 0.25) is 0 Å². The molecule has 2 N–H and O–H groups in total. The number of methoxy groups -OCH3 is 1. The first-order valence-electron chi connectivity index (χ1n) is 9.05. The number of hydrogen-bond donors (Lipinski definition) is 2. The van der Waals surface area contributed by atoms with Crippen molar-refractivity contribution in [3.8, 4) is 11.5 Å². The maximum atomic E-state index is 10.5. The van der Waals surface area contributed by atoms with E-state index in [9.17, 15) is 10.2 Å². The van der Waals surface area contributed by atoms with Crippen LogP contribution in [0.1, 0.15) is 24.8 Å². The normalized spacial score (nSPS) is 26.6. The number of rotatable bonds is 7. The summed E-state index contributed by atoms with van der Waals surface area (Å²) in [6.07, 6.45) is 1.81. The first-order chi connectivity index (χ1) is 12.2. The average molecular weight is 351 g/mol. The molecule has 1 fully saturated rings. The number of likely N-dealkylation sites (tertiary alicyclic amines) is 1. The molecule has 0 saturated carbocycles. The molecule has 25 heavy (non-hydrogen) atoms. The molecule has 0 unspecified atom stereocenters. The highest BCUT2D eigenvalue weighted by Crippen LogP contribution is 2.36. The smallest absolute Gasteiger partial charge is 0.161 e. The second-order valence-corrected chi connectivity index (χ2v) is 7.11. The van der Waals surface area contributed by atoms with Gasteiger partial charge in [-0.3, -0.25) is 4.90 Å². The van der Waals surface area contributed by atoms with Crippen LogP contribution in [0.25, 0.3) is 0 Å². The van der Waals surface area contributed by atoms with Gasteiger partial charge in [-0.15, -0.1) is 0 Å². The molecule has 6 heteroatoms. The molecule has 6 nitrogen and oxygen atoms in total. The number of hydrogen-bond acceptors (Lipinski definition) is 6. The summed E-state index contributed by atoms with van der Waals surface area (Å²) in [5, 5.41) is 20.5. The van der Waals surface area contributed by atoms with Crippen LogP contribution in [0.3, 0.4) is 0 Å². The summed E-state index contributed by atoms with van der Waals surface area (Å²) in [5.41, 5.74) is 0.689. The van der Waals surface area contributed by atoms with Crippen LogP contribution in [0, 0.1) is 5.41 Å². The van der Waals surface area contributed by atoms with E-state index in [0.717, 1.165) is 43.0 Å². The standard InChI is InChI=1S/C19H29NO5/c1-23-8-2-6-19(14-21)13-20(7-5-18(19)22)12-15-3-4-16-17(11-15)25-10-9-24-16/h3-4,11,18,21-22H,2,5-10,12-14H2,1H3/t18-,19+/m1/s1. The lowest BCUT2D eigenvalue weighted by molar-refractivity contribution is -0.0843. The van der Waals surface area contributed by atoms with Crippen LogP contribution in [-0.4, -0.2) is 67.8 Å². The van der Waals surface area contributed by atoms with Gasteiger partial charge >= 0.3 is 0 Å². The Morgan fingerprint density at radius 2 is 2.08 bits per heavy atom. The van der Waals surface area contributed by atoms with E-state index in [1.54, 1.807) is 7.11 Å².